The summed E-state index contributed by atoms with van der Waals surface area (Å²) in [6, 6.07) is 3.63. The Kier molecular flexibility index (Phi) is 4.70. The molecule has 1 atom stereocenters. The first kappa shape index (κ1) is 14.2. The van der Waals surface area contributed by atoms with Crippen LogP contribution in [0, 0.1) is 5.82 Å². The highest BCUT2D eigenvalue weighted by molar-refractivity contribution is 5.37. The molecule has 2 heteroatoms. The zero-order valence-electron chi connectivity index (χ0n) is 11.7. The van der Waals surface area contributed by atoms with Crippen LogP contribution in [0.5, 0.6) is 0 Å². The first-order chi connectivity index (χ1) is 7.88. The number of rotatable bonds is 4. The molecule has 0 fully saturated rings. The Labute approximate surface area is 104 Å². The maximum Gasteiger partial charge on any atom is 0.126 e. The topological polar surface area (TPSA) is 9.23 Å². The molecule has 0 spiro atoms. The van der Waals surface area contributed by atoms with Crippen LogP contribution in [0.15, 0.2) is 12.1 Å². The molecule has 0 aromatic heterocycles. The summed E-state index contributed by atoms with van der Waals surface area (Å²) < 4.78 is 19.3. The van der Waals surface area contributed by atoms with Gasteiger partial charge in [-0.2, -0.15) is 0 Å². The summed E-state index contributed by atoms with van der Waals surface area (Å²) in [5.41, 5.74) is 2.92. The Hall–Kier alpha value is -0.890. The van der Waals surface area contributed by atoms with Gasteiger partial charge in [0.15, 0.2) is 0 Å². The van der Waals surface area contributed by atoms with Gasteiger partial charge in [0.1, 0.15) is 5.82 Å². The maximum absolute atomic E-state index is 14.0. The van der Waals surface area contributed by atoms with Crippen molar-refractivity contribution in [2.24, 2.45) is 0 Å². The number of benzene rings is 1. The van der Waals surface area contributed by atoms with Crippen molar-refractivity contribution < 1.29 is 9.13 Å². The quantitative estimate of drug-likeness (QED) is 0.733. The van der Waals surface area contributed by atoms with Gasteiger partial charge in [0, 0.05) is 7.11 Å². The minimum atomic E-state index is -0.101. The lowest BCUT2D eigenvalue weighted by Crippen LogP contribution is -2.07. The van der Waals surface area contributed by atoms with Crippen molar-refractivity contribution in [3.63, 3.8) is 0 Å². The van der Waals surface area contributed by atoms with E-state index in [-0.39, 0.29) is 17.8 Å². The van der Waals surface area contributed by atoms with E-state index in [0.717, 1.165) is 16.7 Å². The first-order valence-corrected chi connectivity index (χ1v) is 6.24. The minimum absolute atomic E-state index is 0.00509. The lowest BCUT2D eigenvalue weighted by molar-refractivity contribution is 0.118. The van der Waals surface area contributed by atoms with E-state index in [1.807, 2.05) is 26.8 Å². The van der Waals surface area contributed by atoms with E-state index in [2.05, 4.69) is 13.8 Å². The van der Waals surface area contributed by atoms with Crippen molar-refractivity contribution in [3.8, 4) is 0 Å². The van der Waals surface area contributed by atoms with Crippen LogP contribution in [0.1, 0.15) is 69.2 Å². The fourth-order valence-electron chi connectivity index (χ4n) is 2.04. The van der Waals surface area contributed by atoms with Gasteiger partial charge in [-0.3, -0.25) is 0 Å². The third-order valence-corrected chi connectivity index (χ3v) is 3.24. The first-order valence-electron chi connectivity index (χ1n) is 6.24. The third-order valence-electron chi connectivity index (χ3n) is 3.24. The number of hydrogen-bond donors (Lipinski definition) is 0. The van der Waals surface area contributed by atoms with Crippen molar-refractivity contribution in [1.82, 2.24) is 0 Å². The van der Waals surface area contributed by atoms with Crippen LogP contribution in [0.2, 0.25) is 0 Å². The highest BCUT2D eigenvalue weighted by atomic mass is 19.1. The molecule has 1 aromatic rings. The highest BCUT2D eigenvalue weighted by Gasteiger charge is 2.17. The molecule has 0 saturated carbocycles. The van der Waals surface area contributed by atoms with Gasteiger partial charge in [-0.25, -0.2) is 4.39 Å². The van der Waals surface area contributed by atoms with Crippen LogP contribution < -0.4 is 0 Å². The molecule has 0 aliphatic heterocycles. The van der Waals surface area contributed by atoms with E-state index < -0.39 is 0 Å². The molecule has 0 aliphatic carbocycles. The minimum Gasteiger partial charge on any atom is -0.377 e. The Morgan fingerprint density at radius 2 is 1.41 bits per heavy atom. The molecule has 0 bridgehead atoms. The Balaban J connectivity index is 3.36. The smallest absolute Gasteiger partial charge is 0.126 e. The lowest BCUT2D eigenvalue weighted by Gasteiger charge is -2.20. The molecule has 1 aromatic carbocycles. The molecular formula is C15H23FO. The number of halogens is 1. The lowest BCUT2D eigenvalue weighted by atomic mass is 9.89. The monoisotopic (exact) mass is 238 g/mol. The van der Waals surface area contributed by atoms with Crippen LogP contribution in [-0.2, 0) is 4.74 Å². The van der Waals surface area contributed by atoms with Crippen LogP contribution >= 0.6 is 0 Å². The Morgan fingerprint density at radius 3 is 1.82 bits per heavy atom. The van der Waals surface area contributed by atoms with Gasteiger partial charge in [-0.15, -0.1) is 0 Å². The fourth-order valence-corrected chi connectivity index (χ4v) is 2.04. The summed E-state index contributed by atoms with van der Waals surface area (Å²) in [5.74, 6) is 0.396. The van der Waals surface area contributed by atoms with Crippen LogP contribution in [0.25, 0.3) is 0 Å². The third kappa shape index (κ3) is 3.06. The van der Waals surface area contributed by atoms with Gasteiger partial charge in [-0.05, 0) is 47.6 Å². The van der Waals surface area contributed by atoms with Crippen molar-refractivity contribution in [2.75, 3.05) is 7.11 Å². The predicted molar refractivity (Wildman–Crippen MR) is 70.0 cm³/mol. The second kappa shape index (κ2) is 5.63. The van der Waals surface area contributed by atoms with Gasteiger partial charge < -0.3 is 4.74 Å². The van der Waals surface area contributed by atoms with E-state index in [0.29, 0.717) is 5.92 Å². The van der Waals surface area contributed by atoms with Crippen LogP contribution in [0.4, 0.5) is 4.39 Å². The van der Waals surface area contributed by atoms with E-state index in [9.17, 15) is 4.39 Å². The average Bonchev–Trinajstić information content (AvgIpc) is 2.26. The van der Waals surface area contributed by atoms with E-state index in [1.165, 1.54) is 0 Å². The molecule has 17 heavy (non-hydrogen) atoms. The largest absolute Gasteiger partial charge is 0.377 e. The normalized spacial score (nSPS) is 13.5. The molecule has 0 aliphatic rings. The van der Waals surface area contributed by atoms with E-state index >= 15 is 0 Å². The Morgan fingerprint density at radius 1 is 0.882 bits per heavy atom. The van der Waals surface area contributed by atoms with Crippen LogP contribution in [-0.4, -0.2) is 7.11 Å². The summed E-state index contributed by atoms with van der Waals surface area (Å²) in [7, 11) is 1.69. The van der Waals surface area contributed by atoms with E-state index in [1.54, 1.807) is 13.2 Å². The molecule has 1 nitrogen and oxygen atoms in total. The fraction of sp³-hybridized carbons (Fsp3) is 0.600. The molecule has 0 heterocycles. The van der Waals surface area contributed by atoms with Crippen molar-refractivity contribution >= 4 is 0 Å². The summed E-state index contributed by atoms with van der Waals surface area (Å²) in [4.78, 5) is 0. The summed E-state index contributed by atoms with van der Waals surface area (Å²) in [6.07, 6.45) is 0.00509. The highest BCUT2D eigenvalue weighted by Crippen LogP contribution is 2.31. The molecule has 0 N–H and O–H groups in total. The summed E-state index contributed by atoms with van der Waals surface area (Å²) in [5, 5.41) is 0. The van der Waals surface area contributed by atoms with E-state index in [4.69, 9.17) is 4.74 Å². The van der Waals surface area contributed by atoms with Gasteiger partial charge in [-0.1, -0.05) is 27.7 Å². The number of hydrogen-bond acceptors (Lipinski definition) is 1. The van der Waals surface area contributed by atoms with Gasteiger partial charge in [0.25, 0.3) is 0 Å². The number of ether oxygens (including phenoxy) is 1. The summed E-state index contributed by atoms with van der Waals surface area (Å²) >= 11 is 0. The SMILES string of the molecule is CO[C@@H](C)c1cc(C(C)C)c(F)cc1C(C)C. The maximum atomic E-state index is 14.0. The molecule has 1 rings (SSSR count). The zero-order chi connectivity index (χ0) is 13.2. The Bertz CT molecular complexity index is 383. The molecule has 0 amide bonds. The molecular weight excluding hydrogens is 215 g/mol. The summed E-state index contributed by atoms with van der Waals surface area (Å²) in [6.45, 7) is 10.2. The second-order valence-corrected chi connectivity index (χ2v) is 5.19. The zero-order valence-corrected chi connectivity index (χ0v) is 11.7. The van der Waals surface area contributed by atoms with Crippen LogP contribution in [0.3, 0.4) is 0 Å². The van der Waals surface area contributed by atoms with Gasteiger partial charge in [0.05, 0.1) is 6.10 Å². The van der Waals surface area contributed by atoms with Crippen molar-refractivity contribution in [1.29, 1.82) is 0 Å². The van der Waals surface area contributed by atoms with Gasteiger partial charge >= 0.3 is 0 Å². The standard InChI is InChI=1S/C15H23FO/c1-9(2)12-8-15(16)13(10(3)4)7-14(12)11(5)17-6/h7-11H,1-6H3/t11-/m0/s1. The predicted octanol–water partition coefficient (Wildman–Crippen LogP) is 4.78. The van der Waals surface area contributed by atoms with Crippen molar-refractivity contribution in [2.45, 2.75) is 52.6 Å². The van der Waals surface area contributed by atoms with Gasteiger partial charge in [0.2, 0.25) is 0 Å². The number of methoxy groups -OCH3 is 1. The van der Waals surface area contributed by atoms with Crippen molar-refractivity contribution in [3.05, 3.63) is 34.6 Å². The second-order valence-electron chi connectivity index (χ2n) is 5.19. The molecule has 0 saturated heterocycles. The molecule has 96 valence electrons. The molecule has 0 radical (unpaired) electrons. The molecule has 0 unspecified atom stereocenters. The average molecular weight is 238 g/mol.